The van der Waals surface area contributed by atoms with E-state index < -0.39 is 0 Å². The average molecular weight is 527 g/mol. The van der Waals surface area contributed by atoms with Crippen LogP contribution >= 0.6 is 13.5 Å². The molecule has 3 aliphatic rings. The Morgan fingerprint density at radius 1 is 0.973 bits per heavy atom. The molecule has 37 heavy (non-hydrogen) atoms. The van der Waals surface area contributed by atoms with E-state index in [-0.39, 0.29) is 25.4 Å². The van der Waals surface area contributed by atoms with Crippen molar-refractivity contribution in [2.75, 3.05) is 72.5 Å². The third-order valence-electron chi connectivity index (χ3n) is 7.05. The number of nitrogens with zero attached hydrogens (tertiary/aromatic N) is 6. The zero-order valence-corrected chi connectivity index (χ0v) is 21.9. The van der Waals surface area contributed by atoms with Crippen LogP contribution in [0.2, 0.25) is 0 Å². The highest BCUT2D eigenvalue weighted by Crippen LogP contribution is 2.32. The average Bonchev–Trinajstić information content (AvgIpc) is 3.55. The maximum Gasteiger partial charge on any atom is 0.300 e. The van der Waals surface area contributed by atoms with E-state index in [1.165, 1.54) is 6.42 Å². The third-order valence-corrected chi connectivity index (χ3v) is 7.05. The van der Waals surface area contributed by atoms with Crippen LogP contribution in [-0.2, 0) is 4.74 Å². The SMILES string of the molecule is N[C@H]1CCN(c2cccc(C(=O)Nc3cc4oc(N5CCOCC5)nc4nc3N3CCCCC3)n2)C1.S. The Kier molecular flexibility index (Phi) is 7.68. The van der Waals surface area contributed by atoms with Crippen molar-refractivity contribution in [3.8, 4) is 0 Å². The lowest BCUT2D eigenvalue weighted by Crippen LogP contribution is -2.36. The Hall–Kier alpha value is -3.09. The minimum Gasteiger partial charge on any atom is -0.422 e. The van der Waals surface area contributed by atoms with E-state index in [2.05, 4.69) is 30.0 Å². The number of hydrogen-bond acceptors (Lipinski definition) is 10. The maximum absolute atomic E-state index is 13.3. The number of anilines is 4. The molecule has 3 aliphatic heterocycles. The summed E-state index contributed by atoms with van der Waals surface area (Å²) in [6.45, 7) is 6.09. The van der Waals surface area contributed by atoms with Crippen LogP contribution in [-0.4, -0.2) is 79.4 Å². The van der Waals surface area contributed by atoms with Crippen LogP contribution in [0.25, 0.3) is 11.2 Å². The van der Waals surface area contributed by atoms with Crippen molar-refractivity contribution in [1.82, 2.24) is 15.0 Å². The molecule has 0 radical (unpaired) electrons. The largest absolute Gasteiger partial charge is 0.422 e. The van der Waals surface area contributed by atoms with Gasteiger partial charge in [0.05, 0.1) is 18.9 Å². The number of morpholine rings is 1. The van der Waals surface area contributed by atoms with Crippen molar-refractivity contribution in [3.63, 3.8) is 0 Å². The number of carbonyl (C=O) groups excluding carboxylic acids is 1. The molecule has 3 fully saturated rings. The second-order valence-corrected chi connectivity index (χ2v) is 9.65. The Bertz CT molecular complexity index is 1240. The fourth-order valence-electron chi connectivity index (χ4n) is 5.08. The van der Waals surface area contributed by atoms with E-state index in [4.69, 9.17) is 19.9 Å². The molecule has 0 saturated carbocycles. The maximum atomic E-state index is 13.3. The lowest BCUT2D eigenvalue weighted by molar-refractivity contribution is 0.102. The molecule has 6 rings (SSSR count). The minimum absolute atomic E-state index is 0. The molecule has 11 nitrogen and oxygen atoms in total. The van der Waals surface area contributed by atoms with Crippen molar-refractivity contribution in [2.45, 2.75) is 31.7 Å². The fourth-order valence-corrected chi connectivity index (χ4v) is 5.08. The molecule has 0 aromatic carbocycles. The van der Waals surface area contributed by atoms with Gasteiger partial charge in [-0.05, 0) is 37.8 Å². The molecule has 3 N–H and O–H groups in total. The second kappa shape index (κ2) is 11.1. The van der Waals surface area contributed by atoms with Crippen LogP contribution in [0.15, 0.2) is 28.7 Å². The summed E-state index contributed by atoms with van der Waals surface area (Å²) in [7, 11) is 0. The van der Waals surface area contributed by atoms with Gasteiger partial charge in [0.15, 0.2) is 11.4 Å². The van der Waals surface area contributed by atoms with Crippen LogP contribution in [0, 0.1) is 0 Å². The van der Waals surface area contributed by atoms with Gasteiger partial charge < -0.3 is 34.9 Å². The zero-order chi connectivity index (χ0) is 24.5. The summed E-state index contributed by atoms with van der Waals surface area (Å²) in [6.07, 6.45) is 4.30. The predicted molar refractivity (Wildman–Crippen MR) is 148 cm³/mol. The van der Waals surface area contributed by atoms with Crippen LogP contribution in [0.4, 0.5) is 23.3 Å². The highest BCUT2D eigenvalue weighted by atomic mass is 32.1. The summed E-state index contributed by atoms with van der Waals surface area (Å²) >= 11 is 0. The van der Waals surface area contributed by atoms with Gasteiger partial charge in [-0.3, -0.25) is 4.79 Å². The summed E-state index contributed by atoms with van der Waals surface area (Å²) in [4.78, 5) is 33.9. The molecule has 198 valence electrons. The van der Waals surface area contributed by atoms with E-state index in [0.717, 1.165) is 70.2 Å². The first-order chi connectivity index (χ1) is 17.6. The number of amides is 1. The van der Waals surface area contributed by atoms with Crippen LogP contribution in [0.3, 0.4) is 0 Å². The molecule has 0 aliphatic carbocycles. The molecular weight excluding hydrogens is 492 g/mol. The summed E-state index contributed by atoms with van der Waals surface area (Å²) in [5.74, 6) is 1.21. The Morgan fingerprint density at radius 3 is 2.54 bits per heavy atom. The topological polar surface area (TPSA) is 126 Å². The van der Waals surface area contributed by atoms with Gasteiger partial charge in [0.25, 0.3) is 11.9 Å². The summed E-state index contributed by atoms with van der Waals surface area (Å²) in [6, 6.07) is 8.02. The number of rotatable bonds is 5. The normalized spacial score (nSPS) is 20.2. The number of nitrogens with two attached hydrogens (primary N) is 1. The van der Waals surface area contributed by atoms with Crippen molar-refractivity contribution < 1.29 is 13.9 Å². The monoisotopic (exact) mass is 526 g/mol. The van der Waals surface area contributed by atoms with Gasteiger partial charge in [-0.25, -0.2) is 9.97 Å². The standard InChI is InChI=1S/C25H32N8O3.H2S/c26-17-7-10-33(16-17)21-6-4-5-18(27-21)24(34)28-19-15-20-22(29-23(19)31-8-2-1-3-9-31)30-25(36-20)32-11-13-35-14-12-32;/h4-6,15,17H,1-3,7-14,16,26H2,(H,28,34);1H2/t17-;/m0./s1. The fraction of sp³-hybridized carbons (Fsp3) is 0.520. The third kappa shape index (κ3) is 5.46. The van der Waals surface area contributed by atoms with Gasteiger partial charge in [-0.1, -0.05) is 6.07 Å². The van der Waals surface area contributed by atoms with Gasteiger partial charge in [0.2, 0.25) is 5.65 Å². The first-order valence-electron chi connectivity index (χ1n) is 12.8. The number of ether oxygens (including phenoxy) is 1. The lowest BCUT2D eigenvalue weighted by Gasteiger charge is -2.29. The van der Waals surface area contributed by atoms with Crippen LogP contribution in [0.5, 0.6) is 0 Å². The number of carbonyl (C=O) groups is 1. The molecule has 1 atom stereocenters. The Balaban J connectivity index is 0.00000280. The summed E-state index contributed by atoms with van der Waals surface area (Å²) in [5.41, 5.74) is 8.10. The Morgan fingerprint density at radius 2 is 1.78 bits per heavy atom. The molecule has 0 spiro atoms. The number of nitrogens with one attached hydrogen (secondary N) is 1. The number of fused-ring (bicyclic) bond motifs is 1. The van der Waals surface area contributed by atoms with Gasteiger partial charge in [-0.15, -0.1) is 0 Å². The second-order valence-electron chi connectivity index (χ2n) is 9.65. The molecule has 3 saturated heterocycles. The summed E-state index contributed by atoms with van der Waals surface area (Å²) < 4.78 is 11.5. The first-order valence-corrected chi connectivity index (χ1v) is 12.8. The molecule has 0 bridgehead atoms. The molecule has 12 heteroatoms. The summed E-state index contributed by atoms with van der Waals surface area (Å²) in [5, 5.41) is 3.06. The molecule has 0 unspecified atom stereocenters. The quantitative estimate of drug-likeness (QED) is 0.512. The lowest BCUT2D eigenvalue weighted by atomic mass is 10.1. The van der Waals surface area contributed by atoms with Crippen molar-refractivity contribution in [3.05, 3.63) is 30.0 Å². The number of oxazole rings is 1. The number of hydrogen-bond donors (Lipinski definition) is 2. The van der Waals surface area contributed by atoms with Gasteiger partial charge >= 0.3 is 0 Å². The Labute approximate surface area is 222 Å². The first kappa shape index (κ1) is 25.6. The molecule has 3 aromatic rings. The van der Waals surface area contributed by atoms with E-state index in [0.29, 0.717) is 41.8 Å². The number of piperidine rings is 1. The van der Waals surface area contributed by atoms with Crippen LogP contribution < -0.4 is 25.8 Å². The molecule has 3 aromatic heterocycles. The predicted octanol–water partition coefficient (Wildman–Crippen LogP) is 2.35. The van der Waals surface area contributed by atoms with Crippen molar-refractivity contribution >= 4 is 54.0 Å². The van der Waals surface area contributed by atoms with Crippen molar-refractivity contribution in [2.24, 2.45) is 5.73 Å². The van der Waals surface area contributed by atoms with E-state index >= 15 is 0 Å². The number of aromatic nitrogens is 3. The van der Waals surface area contributed by atoms with Crippen LogP contribution in [0.1, 0.15) is 36.2 Å². The van der Waals surface area contributed by atoms with Gasteiger partial charge in [-0.2, -0.15) is 18.5 Å². The molecular formula is C25H34N8O3S. The van der Waals surface area contributed by atoms with E-state index in [1.54, 1.807) is 6.07 Å². The van der Waals surface area contributed by atoms with Crippen molar-refractivity contribution in [1.29, 1.82) is 0 Å². The molecule has 1 amide bonds. The smallest absolute Gasteiger partial charge is 0.300 e. The van der Waals surface area contributed by atoms with E-state index in [9.17, 15) is 4.79 Å². The highest BCUT2D eigenvalue weighted by Gasteiger charge is 2.25. The van der Waals surface area contributed by atoms with Gasteiger partial charge in [0, 0.05) is 51.4 Å². The minimum atomic E-state index is -0.285. The molecule has 6 heterocycles. The highest BCUT2D eigenvalue weighted by molar-refractivity contribution is 7.59. The zero-order valence-electron chi connectivity index (χ0n) is 20.9. The van der Waals surface area contributed by atoms with E-state index in [1.807, 2.05) is 18.2 Å². The number of pyridine rings is 2. The van der Waals surface area contributed by atoms with Gasteiger partial charge in [0.1, 0.15) is 11.5 Å².